The SMILES string of the molecule is O=P(O)(O)O[SiH3].[NaH]. The zero-order chi connectivity index (χ0) is 5.21. The van der Waals surface area contributed by atoms with Crippen molar-refractivity contribution in [3.8, 4) is 0 Å². The van der Waals surface area contributed by atoms with E-state index in [-0.39, 0.29) is 40.0 Å². The summed E-state index contributed by atoms with van der Waals surface area (Å²) in [6.07, 6.45) is 0. The fourth-order valence-electron chi connectivity index (χ4n) is 0. The number of hydrogen-bond acceptors (Lipinski definition) is 2. The van der Waals surface area contributed by atoms with Gasteiger partial charge in [0.15, 0.2) is 10.5 Å². The van der Waals surface area contributed by atoms with Gasteiger partial charge in [0.05, 0.1) is 0 Å². The molecule has 0 aliphatic rings. The minimum absolute atomic E-state index is 0. The summed E-state index contributed by atoms with van der Waals surface area (Å²) in [5, 5.41) is 0. The normalized spacial score (nSPS) is 10.6. The number of phosphoric acid groups is 1. The molecule has 0 amide bonds. The summed E-state index contributed by atoms with van der Waals surface area (Å²) in [5.41, 5.74) is 0. The van der Waals surface area contributed by atoms with Crippen LogP contribution in [0.2, 0.25) is 0 Å². The van der Waals surface area contributed by atoms with Crippen molar-refractivity contribution < 1.29 is 18.6 Å². The average molecular weight is 152 g/mol. The van der Waals surface area contributed by atoms with E-state index in [9.17, 15) is 4.57 Å². The molecule has 0 rings (SSSR count). The van der Waals surface area contributed by atoms with E-state index in [2.05, 4.69) is 4.21 Å². The van der Waals surface area contributed by atoms with Crippen molar-refractivity contribution in [1.82, 2.24) is 0 Å². The van der Waals surface area contributed by atoms with Crippen molar-refractivity contribution in [2.45, 2.75) is 0 Å². The molecule has 0 spiro atoms. The second-order valence-electron chi connectivity index (χ2n) is 0.673. The Morgan fingerprint density at radius 2 is 1.71 bits per heavy atom. The first-order valence-electron chi connectivity index (χ1n) is 1.17. The zero-order valence-corrected chi connectivity index (χ0v) is 6.05. The number of hydrogen-bond donors (Lipinski definition) is 2. The van der Waals surface area contributed by atoms with E-state index in [0.717, 1.165) is 0 Å². The molecule has 0 aromatic rings. The molecule has 0 aromatic carbocycles. The van der Waals surface area contributed by atoms with Gasteiger partial charge in [-0.25, -0.2) is 4.57 Å². The van der Waals surface area contributed by atoms with E-state index in [0.29, 0.717) is 0 Å². The van der Waals surface area contributed by atoms with Crippen LogP contribution in [0.1, 0.15) is 0 Å². The van der Waals surface area contributed by atoms with Crippen molar-refractivity contribution >= 4 is 47.9 Å². The van der Waals surface area contributed by atoms with Crippen molar-refractivity contribution in [3.63, 3.8) is 0 Å². The van der Waals surface area contributed by atoms with E-state index in [1.165, 1.54) is 0 Å². The number of rotatable bonds is 1. The Morgan fingerprint density at radius 1 is 1.57 bits per heavy atom. The van der Waals surface area contributed by atoms with Crippen LogP contribution in [0.15, 0.2) is 0 Å². The fourth-order valence-corrected chi connectivity index (χ4v) is 0. The summed E-state index contributed by atoms with van der Waals surface area (Å²) in [4.78, 5) is 15.5. The summed E-state index contributed by atoms with van der Waals surface area (Å²) in [6.45, 7) is 0. The van der Waals surface area contributed by atoms with Crippen LogP contribution in [0, 0.1) is 0 Å². The van der Waals surface area contributed by atoms with E-state index in [1.807, 2.05) is 0 Å². The zero-order valence-electron chi connectivity index (χ0n) is 3.16. The molecule has 0 saturated carbocycles. The first-order chi connectivity index (χ1) is 2.56. The van der Waals surface area contributed by atoms with E-state index in [4.69, 9.17) is 9.79 Å². The summed E-state index contributed by atoms with van der Waals surface area (Å²) in [7, 11) is -4.00. The first-order valence-corrected chi connectivity index (χ1v) is 3.52. The van der Waals surface area contributed by atoms with Crippen LogP contribution < -0.4 is 0 Å². The molecular weight excluding hydrogens is 146 g/mol. The molecule has 40 valence electrons. The Hall–Kier alpha value is 1.33. The molecule has 0 unspecified atom stereocenters. The Labute approximate surface area is 66.3 Å². The van der Waals surface area contributed by atoms with Gasteiger partial charge in [0.2, 0.25) is 0 Å². The van der Waals surface area contributed by atoms with Gasteiger partial charge in [-0.15, -0.1) is 0 Å². The van der Waals surface area contributed by atoms with Crippen molar-refractivity contribution in [2.75, 3.05) is 0 Å². The molecule has 0 fully saturated rings. The van der Waals surface area contributed by atoms with Gasteiger partial charge in [-0.05, 0) is 0 Å². The monoisotopic (exact) mass is 152 g/mol. The summed E-state index contributed by atoms with van der Waals surface area (Å²) >= 11 is 0. The van der Waals surface area contributed by atoms with Crippen LogP contribution in [0.25, 0.3) is 0 Å². The van der Waals surface area contributed by atoms with Crippen molar-refractivity contribution in [3.05, 3.63) is 0 Å². The van der Waals surface area contributed by atoms with Crippen LogP contribution in [0.4, 0.5) is 0 Å². The van der Waals surface area contributed by atoms with Crippen LogP contribution in [0.5, 0.6) is 0 Å². The quantitative estimate of drug-likeness (QED) is 0.328. The Morgan fingerprint density at radius 3 is 1.71 bits per heavy atom. The van der Waals surface area contributed by atoms with Gasteiger partial charge in [0.1, 0.15) is 0 Å². The Kier molecular flexibility index (Phi) is 6.75. The molecule has 0 atom stereocenters. The molecule has 0 aliphatic heterocycles. The Bertz CT molecular complexity index is 75.8. The topological polar surface area (TPSA) is 66.8 Å². The molecule has 0 heterocycles. The van der Waals surface area contributed by atoms with Gasteiger partial charge < -0.3 is 14.0 Å². The third-order valence-corrected chi connectivity index (χ3v) is 2.14. The van der Waals surface area contributed by atoms with Gasteiger partial charge in [0.25, 0.3) is 0 Å². The molecule has 2 N–H and O–H groups in total. The fraction of sp³-hybridized carbons (Fsp3) is 0. The molecule has 0 bridgehead atoms. The van der Waals surface area contributed by atoms with Gasteiger partial charge in [-0.2, -0.15) is 0 Å². The predicted octanol–water partition coefficient (Wildman–Crippen LogP) is -2.27. The average Bonchev–Trinajstić information content (AvgIpc) is 1.35. The van der Waals surface area contributed by atoms with Gasteiger partial charge in [0, 0.05) is 0 Å². The second-order valence-corrected chi connectivity index (χ2v) is 3.11. The predicted molar refractivity (Wildman–Crippen MR) is 30.2 cm³/mol. The standard InChI is InChI=1S/Na.H5O4PSi.H/c;1-5(2,3)4-6;/h;6H3,(H2,1,2,3);. The summed E-state index contributed by atoms with van der Waals surface area (Å²) < 4.78 is 13.2. The van der Waals surface area contributed by atoms with Gasteiger partial charge >= 0.3 is 37.4 Å². The summed E-state index contributed by atoms with van der Waals surface area (Å²) in [5.74, 6) is 0. The first kappa shape index (κ1) is 11.2. The van der Waals surface area contributed by atoms with Crippen molar-refractivity contribution in [2.24, 2.45) is 0 Å². The van der Waals surface area contributed by atoms with Crippen LogP contribution in [-0.2, 0) is 8.78 Å². The molecule has 0 radical (unpaired) electrons. The molecule has 4 nitrogen and oxygen atoms in total. The summed E-state index contributed by atoms with van der Waals surface area (Å²) in [6, 6.07) is 0. The molecule has 0 aliphatic carbocycles. The van der Waals surface area contributed by atoms with Crippen LogP contribution >= 0.6 is 7.82 Å². The van der Waals surface area contributed by atoms with Gasteiger partial charge in [-0.1, -0.05) is 0 Å². The molecular formula is H6NaO4PSi. The van der Waals surface area contributed by atoms with Crippen LogP contribution in [-0.4, -0.2) is 49.8 Å². The maximum atomic E-state index is 9.51. The third-order valence-electron chi connectivity index (χ3n) is 0.238. The minimum atomic E-state index is -4.08. The van der Waals surface area contributed by atoms with E-state index < -0.39 is 7.82 Å². The third kappa shape index (κ3) is 11.1. The van der Waals surface area contributed by atoms with E-state index in [1.54, 1.807) is 0 Å². The second kappa shape index (κ2) is 4.23. The molecule has 7 heteroatoms. The molecule has 0 saturated heterocycles. The van der Waals surface area contributed by atoms with E-state index >= 15 is 0 Å². The molecule has 0 aromatic heterocycles. The molecule has 7 heavy (non-hydrogen) atoms. The van der Waals surface area contributed by atoms with Crippen LogP contribution in [0.3, 0.4) is 0 Å². The van der Waals surface area contributed by atoms with Crippen molar-refractivity contribution in [1.29, 1.82) is 0 Å². The Balaban J connectivity index is 0. The van der Waals surface area contributed by atoms with Gasteiger partial charge in [-0.3, -0.25) is 0 Å². The maximum absolute atomic E-state index is 9.51.